The van der Waals surface area contributed by atoms with E-state index in [1.807, 2.05) is 42.4 Å². The first-order chi connectivity index (χ1) is 14.9. The highest BCUT2D eigenvalue weighted by Gasteiger charge is 2.21. The van der Waals surface area contributed by atoms with Crippen LogP contribution in [0.3, 0.4) is 0 Å². The molecule has 3 rings (SSSR count). The first-order valence-electron chi connectivity index (χ1n) is 10.9. The number of ether oxygens (including phenoxy) is 1. The molecule has 1 aliphatic rings. The Balaban J connectivity index is 1.64. The van der Waals surface area contributed by atoms with Gasteiger partial charge in [0.2, 0.25) is 0 Å². The molecule has 0 saturated heterocycles. The molecule has 1 amide bonds. The van der Waals surface area contributed by atoms with Gasteiger partial charge in [-0.1, -0.05) is 44.9 Å². The van der Waals surface area contributed by atoms with Crippen molar-refractivity contribution in [1.29, 1.82) is 0 Å². The smallest absolute Gasteiger partial charge is 0.256 e. The second-order valence-electron chi connectivity index (χ2n) is 8.28. The van der Waals surface area contributed by atoms with Gasteiger partial charge in [-0.05, 0) is 59.9 Å². The molecule has 6 heteroatoms. The standard InChI is InChI=1S/C25H32ClN3O2/c1-5-6-13-31-22-10-7-19(8-11-22)25(30)27-24-16-29(17-28(24)4)15-20-14-21(26)9-12-23(20)18(2)3/h7-12,14,16,18H,5-6,13,15,17H2,1-4H3,(H,27,30). The number of carbonyl (C=O) groups is 1. The van der Waals surface area contributed by atoms with Gasteiger partial charge in [0.05, 0.1) is 13.3 Å². The maximum absolute atomic E-state index is 12.7. The average Bonchev–Trinajstić information content (AvgIpc) is 3.07. The van der Waals surface area contributed by atoms with E-state index in [4.69, 9.17) is 16.3 Å². The molecule has 0 spiro atoms. The Hall–Kier alpha value is -2.66. The van der Waals surface area contributed by atoms with E-state index in [1.54, 1.807) is 12.1 Å². The van der Waals surface area contributed by atoms with E-state index in [1.165, 1.54) is 11.1 Å². The molecule has 0 aromatic heterocycles. The van der Waals surface area contributed by atoms with Gasteiger partial charge in [0.15, 0.2) is 0 Å². The number of halogens is 1. The van der Waals surface area contributed by atoms with Crippen LogP contribution >= 0.6 is 11.6 Å². The number of nitrogens with zero attached hydrogens (tertiary/aromatic N) is 2. The Labute approximate surface area is 190 Å². The molecule has 5 nitrogen and oxygen atoms in total. The predicted molar refractivity (Wildman–Crippen MR) is 126 cm³/mol. The lowest BCUT2D eigenvalue weighted by Gasteiger charge is -2.21. The molecule has 1 aliphatic heterocycles. The van der Waals surface area contributed by atoms with E-state index in [0.29, 0.717) is 24.8 Å². The van der Waals surface area contributed by atoms with Crippen LogP contribution in [0.4, 0.5) is 0 Å². The van der Waals surface area contributed by atoms with Crippen molar-refractivity contribution < 1.29 is 9.53 Å². The molecule has 2 aromatic carbocycles. The van der Waals surface area contributed by atoms with Crippen molar-refractivity contribution in [3.8, 4) is 5.75 Å². The number of rotatable bonds is 9. The summed E-state index contributed by atoms with van der Waals surface area (Å²) in [5, 5.41) is 3.76. The molecule has 0 radical (unpaired) electrons. The van der Waals surface area contributed by atoms with Crippen LogP contribution in [0.25, 0.3) is 0 Å². The average molecular weight is 442 g/mol. The second kappa shape index (κ2) is 10.6. The van der Waals surface area contributed by atoms with Crippen molar-refractivity contribution in [3.63, 3.8) is 0 Å². The highest BCUT2D eigenvalue weighted by Crippen LogP contribution is 2.26. The predicted octanol–water partition coefficient (Wildman–Crippen LogP) is 5.58. The fourth-order valence-electron chi connectivity index (χ4n) is 3.60. The van der Waals surface area contributed by atoms with Gasteiger partial charge in [-0.3, -0.25) is 4.79 Å². The molecule has 0 unspecified atom stereocenters. The third-order valence-electron chi connectivity index (χ3n) is 5.34. The van der Waals surface area contributed by atoms with Crippen molar-refractivity contribution in [2.24, 2.45) is 0 Å². The lowest BCUT2D eigenvalue weighted by molar-refractivity contribution is 0.0955. The molecule has 0 bridgehead atoms. The normalized spacial score (nSPS) is 13.5. The minimum Gasteiger partial charge on any atom is -0.494 e. The minimum atomic E-state index is -0.134. The van der Waals surface area contributed by atoms with Crippen LogP contribution in [-0.4, -0.2) is 36.0 Å². The summed E-state index contributed by atoms with van der Waals surface area (Å²) in [6, 6.07) is 13.4. The van der Waals surface area contributed by atoms with Crippen LogP contribution in [0, 0.1) is 0 Å². The summed E-state index contributed by atoms with van der Waals surface area (Å²) in [5.41, 5.74) is 3.10. The quantitative estimate of drug-likeness (QED) is 0.516. The molecule has 1 N–H and O–H groups in total. The monoisotopic (exact) mass is 441 g/mol. The van der Waals surface area contributed by atoms with Crippen LogP contribution in [-0.2, 0) is 6.54 Å². The fraction of sp³-hybridized carbons (Fsp3) is 0.400. The molecular weight excluding hydrogens is 410 g/mol. The molecular formula is C25H32ClN3O2. The van der Waals surface area contributed by atoms with Crippen molar-refractivity contribution in [3.05, 3.63) is 76.2 Å². The summed E-state index contributed by atoms with van der Waals surface area (Å²) < 4.78 is 5.67. The van der Waals surface area contributed by atoms with E-state index in [0.717, 1.165) is 36.0 Å². The van der Waals surface area contributed by atoms with Crippen LogP contribution in [0.1, 0.15) is 61.0 Å². The van der Waals surface area contributed by atoms with E-state index >= 15 is 0 Å². The molecule has 0 atom stereocenters. The zero-order valence-electron chi connectivity index (χ0n) is 18.8. The zero-order chi connectivity index (χ0) is 22.4. The van der Waals surface area contributed by atoms with E-state index < -0.39 is 0 Å². The van der Waals surface area contributed by atoms with Gasteiger partial charge in [-0.25, -0.2) is 0 Å². The zero-order valence-corrected chi connectivity index (χ0v) is 19.6. The van der Waals surface area contributed by atoms with Gasteiger partial charge in [0.25, 0.3) is 5.91 Å². The van der Waals surface area contributed by atoms with Crippen molar-refractivity contribution in [1.82, 2.24) is 15.1 Å². The fourth-order valence-corrected chi connectivity index (χ4v) is 3.80. The van der Waals surface area contributed by atoms with Crippen molar-refractivity contribution in [2.75, 3.05) is 20.3 Å². The van der Waals surface area contributed by atoms with Crippen LogP contribution < -0.4 is 10.1 Å². The number of hydrogen-bond acceptors (Lipinski definition) is 4. The Morgan fingerprint density at radius 2 is 1.94 bits per heavy atom. The summed E-state index contributed by atoms with van der Waals surface area (Å²) in [7, 11) is 1.97. The molecule has 0 saturated carbocycles. The van der Waals surface area contributed by atoms with Gasteiger partial charge < -0.3 is 19.9 Å². The third-order valence-corrected chi connectivity index (χ3v) is 5.57. The largest absolute Gasteiger partial charge is 0.494 e. The third kappa shape index (κ3) is 6.17. The Bertz CT molecular complexity index is 925. The molecule has 0 fully saturated rings. The second-order valence-corrected chi connectivity index (χ2v) is 8.72. The lowest BCUT2D eigenvalue weighted by atomic mass is 9.97. The topological polar surface area (TPSA) is 44.8 Å². The maximum Gasteiger partial charge on any atom is 0.256 e. The summed E-state index contributed by atoms with van der Waals surface area (Å²) in [4.78, 5) is 16.9. The van der Waals surface area contributed by atoms with Crippen LogP contribution in [0.15, 0.2) is 54.5 Å². The maximum atomic E-state index is 12.7. The summed E-state index contributed by atoms with van der Waals surface area (Å²) in [6.45, 7) is 8.63. The van der Waals surface area contributed by atoms with Gasteiger partial charge in [-0.2, -0.15) is 0 Å². The van der Waals surface area contributed by atoms with Crippen LogP contribution in [0.5, 0.6) is 5.75 Å². The lowest BCUT2D eigenvalue weighted by Crippen LogP contribution is -2.31. The summed E-state index contributed by atoms with van der Waals surface area (Å²) in [5.74, 6) is 1.85. The minimum absolute atomic E-state index is 0.134. The van der Waals surface area contributed by atoms with Gasteiger partial charge in [0.1, 0.15) is 11.6 Å². The number of unbranched alkanes of at least 4 members (excludes halogenated alkanes) is 1. The number of benzene rings is 2. The number of carbonyl (C=O) groups excluding carboxylic acids is 1. The summed E-state index contributed by atoms with van der Waals surface area (Å²) in [6.07, 6.45) is 4.11. The van der Waals surface area contributed by atoms with Gasteiger partial charge >= 0.3 is 0 Å². The number of amides is 1. The summed E-state index contributed by atoms with van der Waals surface area (Å²) >= 11 is 6.24. The Morgan fingerprint density at radius 3 is 2.61 bits per heavy atom. The number of nitrogens with one attached hydrogen (secondary N) is 1. The van der Waals surface area contributed by atoms with Gasteiger partial charge in [0, 0.05) is 30.4 Å². The van der Waals surface area contributed by atoms with Crippen LogP contribution in [0.2, 0.25) is 5.02 Å². The van der Waals surface area contributed by atoms with E-state index in [2.05, 4.69) is 37.1 Å². The van der Waals surface area contributed by atoms with Gasteiger partial charge in [-0.15, -0.1) is 0 Å². The molecule has 2 aromatic rings. The molecule has 1 heterocycles. The SMILES string of the molecule is CCCCOc1ccc(C(=O)NC2=CN(Cc3cc(Cl)ccc3C(C)C)CN2C)cc1. The van der Waals surface area contributed by atoms with Crippen molar-refractivity contribution in [2.45, 2.75) is 46.1 Å². The first kappa shape index (κ1) is 23.0. The molecule has 166 valence electrons. The van der Waals surface area contributed by atoms with Crippen molar-refractivity contribution >= 4 is 17.5 Å². The Kier molecular flexibility index (Phi) is 7.85. The van der Waals surface area contributed by atoms with E-state index in [9.17, 15) is 4.79 Å². The first-order valence-corrected chi connectivity index (χ1v) is 11.2. The Morgan fingerprint density at radius 1 is 1.19 bits per heavy atom. The molecule has 0 aliphatic carbocycles. The number of hydrogen-bond donors (Lipinski definition) is 1. The molecule has 31 heavy (non-hydrogen) atoms. The highest BCUT2D eigenvalue weighted by atomic mass is 35.5. The highest BCUT2D eigenvalue weighted by molar-refractivity contribution is 6.30. The van der Waals surface area contributed by atoms with E-state index in [-0.39, 0.29) is 5.91 Å².